The molecule has 4 saturated heterocycles. The van der Waals surface area contributed by atoms with Crippen LogP contribution in [0.15, 0.2) is 29.2 Å². The van der Waals surface area contributed by atoms with Gasteiger partial charge < -0.3 is 10.2 Å². The summed E-state index contributed by atoms with van der Waals surface area (Å²) in [6.07, 6.45) is 3.55. The second kappa shape index (κ2) is 7.53. The fourth-order valence-corrected chi connectivity index (χ4v) is 6.12. The molecule has 0 aromatic heterocycles. The zero-order valence-electron chi connectivity index (χ0n) is 15.9. The number of piperidine rings is 4. The highest BCUT2D eigenvalue weighted by atomic mass is 32.2. The van der Waals surface area contributed by atoms with Crippen molar-refractivity contribution in [1.82, 2.24) is 14.5 Å². The minimum absolute atomic E-state index is 0.0788. The minimum Gasteiger partial charge on any atom is -0.352 e. The average Bonchev–Trinajstić information content (AvgIpc) is 2.69. The Bertz CT molecular complexity index is 777. The molecule has 4 aliphatic heterocycles. The Morgan fingerprint density at radius 1 is 1.00 bits per heavy atom. The number of rotatable bonds is 4. The Morgan fingerprint density at radius 3 is 2.19 bits per heavy atom. The van der Waals surface area contributed by atoms with Gasteiger partial charge in [-0.3, -0.25) is 4.79 Å². The number of aryl methyl sites for hydroxylation is 1. The largest absolute Gasteiger partial charge is 0.352 e. The number of nitrogens with one attached hydrogen (secondary N) is 1. The van der Waals surface area contributed by atoms with Gasteiger partial charge in [-0.05, 0) is 63.7 Å². The van der Waals surface area contributed by atoms with Crippen molar-refractivity contribution in [3.63, 3.8) is 0 Å². The number of fused-ring (bicyclic) bond motifs is 3. The van der Waals surface area contributed by atoms with Crippen molar-refractivity contribution < 1.29 is 13.2 Å². The summed E-state index contributed by atoms with van der Waals surface area (Å²) in [6, 6.07) is 7.24. The van der Waals surface area contributed by atoms with E-state index in [2.05, 4.69) is 10.2 Å². The number of carbonyl (C=O) groups excluding carboxylic acids is 1. The zero-order chi connectivity index (χ0) is 19.0. The van der Waals surface area contributed by atoms with Crippen LogP contribution < -0.4 is 5.32 Å². The van der Waals surface area contributed by atoms with E-state index in [-0.39, 0.29) is 17.9 Å². The van der Waals surface area contributed by atoms with Gasteiger partial charge in [0.25, 0.3) is 0 Å². The lowest BCUT2D eigenvalue weighted by atomic mass is 9.83. The molecule has 2 bridgehead atoms. The molecular weight excluding hydrogens is 362 g/mol. The maximum atomic E-state index is 12.8. The van der Waals surface area contributed by atoms with Crippen molar-refractivity contribution in [2.75, 3.05) is 32.7 Å². The zero-order valence-corrected chi connectivity index (χ0v) is 16.7. The van der Waals surface area contributed by atoms with Crippen LogP contribution >= 0.6 is 0 Å². The second-order valence-corrected chi connectivity index (χ2v) is 10.2. The van der Waals surface area contributed by atoms with Crippen LogP contribution in [0, 0.1) is 18.8 Å². The minimum atomic E-state index is -3.47. The molecule has 27 heavy (non-hydrogen) atoms. The van der Waals surface area contributed by atoms with E-state index in [0.717, 1.165) is 25.2 Å². The predicted molar refractivity (Wildman–Crippen MR) is 104 cm³/mol. The summed E-state index contributed by atoms with van der Waals surface area (Å²) in [6.45, 7) is 6.05. The van der Waals surface area contributed by atoms with Gasteiger partial charge in [0.05, 0.1) is 4.90 Å². The van der Waals surface area contributed by atoms with Crippen LogP contribution in [0.25, 0.3) is 0 Å². The molecule has 1 amide bonds. The maximum Gasteiger partial charge on any atom is 0.243 e. The van der Waals surface area contributed by atoms with Crippen molar-refractivity contribution in [3.05, 3.63) is 29.8 Å². The lowest BCUT2D eigenvalue weighted by molar-refractivity contribution is -0.128. The van der Waals surface area contributed by atoms with E-state index in [1.165, 1.54) is 17.1 Å². The predicted octanol–water partition coefficient (Wildman–Crippen LogP) is 1.61. The van der Waals surface area contributed by atoms with E-state index in [1.54, 1.807) is 12.1 Å². The molecule has 1 N–H and O–H groups in total. The van der Waals surface area contributed by atoms with Crippen LogP contribution in [0.4, 0.5) is 0 Å². The Morgan fingerprint density at radius 2 is 1.63 bits per heavy atom. The normalized spacial score (nSPS) is 29.6. The van der Waals surface area contributed by atoms with Gasteiger partial charge in [-0.2, -0.15) is 4.31 Å². The molecule has 0 saturated carbocycles. The van der Waals surface area contributed by atoms with Crippen LogP contribution in [0.2, 0.25) is 0 Å². The molecule has 7 heteroatoms. The van der Waals surface area contributed by atoms with E-state index in [1.807, 2.05) is 19.1 Å². The molecule has 1 atom stereocenters. The van der Waals surface area contributed by atoms with Gasteiger partial charge in [0, 0.05) is 31.6 Å². The summed E-state index contributed by atoms with van der Waals surface area (Å²) < 4.78 is 27.1. The van der Waals surface area contributed by atoms with Crippen molar-refractivity contribution in [2.24, 2.45) is 11.8 Å². The van der Waals surface area contributed by atoms with Crippen molar-refractivity contribution >= 4 is 15.9 Å². The summed E-state index contributed by atoms with van der Waals surface area (Å²) in [5.74, 6) is 0.645. The van der Waals surface area contributed by atoms with Crippen LogP contribution in [-0.4, -0.2) is 62.3 Å². The van der Waals surface area contributed by atoms with Gasteiger partial charge in [0.15, 0.2) is 0 Å². The maximum absolute atomic E-state index is 12.8. The number of hydrogen-bond acceptors (Lipinski definition) is 4. The highest BCUT2D eigenvalue weighted by molar-refractivity contribution is 7.89. The number of benzene rings is 1. The fraction of sp³-hybridized carbons (Fsp3) is 0.650. The summed E-state index contributed by atoms with van der Waals surface area (Å²) >= 11 is 0. The SMILES string of the molecule is Cc1ccc(S(=O)(=O)N2CCC(C(=O)N[C@@H]3CN4CCC3CC4)CC2)cc1. The third-order valence-corrected chi connectivity index (χ3v) is 8.38. The van der Waals surface area contributed by atoms with Crippen LogP contribution in [-0.2, 0) is 14.8 Å². The first-order valence-electron chi connectivity index (χ1n) is 10.0. The Hall–Kier alpha value is -1.44. The first-order valence-corrected chi connectivity index (χ1v) is 11.5. The highest BCUT2D eigenvalue weighted by Gasteiger charge is 2.37. The number of nitrogens with zero attached hydrogens (tertiary/aromatic N) is 2. The van der Waals surface area contributed by atoms with E-state index in [4.69, 9.17) is 0 Å². The van der Waals surface area contributed by atoms with E-state index < -0.39 is 10.0 Å². The molecule has 0 spiro atoms. The average molecular weight is 392 g/mol. The number of amides is 1. The van der Waals surface area contributed by atoms with Crippen LogP contribution in [0.3, 0.4) is 0 Å². The van der Waals surface area contributed by atoms with Gasteiger partial charge in [-0.1, -0.05) is 17.7 Å². The summed E-state index contributed by atoms with van der Waals surface area (Å²) in [7, 11) is -3.47. The Kier molecular flexibility index (Phi) is 5.27. The highest BCUT2D eigenvalue weighted by Crippen LogP contribution is 2.29. The fourth-order valence-electron chi connectivity index (χ4n) is 4.65. The van der Waals surface area contributed by atoms with Crippen LogP contribution in [0.1, 0.15) is 31.2 Å². The molecule has 4 fully saturated rings. The third kappa shape index (κ3) is 3.91. The first-order chi connectivity index (χ1) is 12.9. The van der Waals surface area contributed by atoms with E-state index >= 15 is 0 Å². The molecule has 1 aromatic carbocycles. The van der Waals surface area contributed by atoms with Crippen molar-refractivity contribution in [1.29, 1.82) is 0 Å². The summed E-state index contributed by atoms with van der Waals surface area (Å²) in [4.78, 5) is 15.5. The molecule has 4 aliphatic rings. The monoisotopic (exact) mass is 391 g/mol. The van der Waals surface area contributed by atoms with Gasteiger partial charge in [-0.25, -0.2) is 8.42 Å². The second-order valence-electron chi connectivity index (χ2n) is 8.24. The summed E-state index contributed by atoms with van der Waals surface area (Å²) in [5.41, 5.74) is 1.04. The van der Waals surface area contributed by atoms with Gasteiger partial charge in [0.1, 0.15) is 0 Å². The smallest absolute Gasteiger partial charge is 0.243 e. The molecule has 0 radical (unpaired) electrons. The van der Waals surface area contributed by atoms with Gasteiger partial charge in [0.2, 0.25) is 15.9 Å². The molecule has 0 aliphatic carbocycles. The lowest BCUT2D eigenvalue weighted by Gasteiger charge is -2.45. The topological polar surface area (TPSA) is 69.7 Å². The van der Waals surface area contributed by atoms with Gasteiger partial charge in [-0.15, -0.1) is 0 Å². The molecular formula is C20H29N3O3S. The number of hydrogen-bond donors (Lipinski definition) is 1. The molecule has 6 nitrogen and oxygen atoms in total. The van der Waals surface area contributed by atoms with Crippen molar-refractivity contribution in [2.45, 2.75) is 43.5 Å². The molecule has 1 aromatic rings. The molecule has 0 unspecified atom stereocenters. The Balaban J connectivity index is 1.33. The van der Waals surface area contributed by atoms with Crippen LogP contribution in [0.5, 0.6) is 0 Å². The first kappa shape index (κ1) is 18.9. The number of sulfonamides is 1. The standard InChI is InChI=1S/C20H29N3O3S/c1-15-2-4-18(5-3-15)27(25,26)23-12-8-17(9-13-23)20(24)21-19-14-22-10-6-16(19)7-11-22/h2-5,16-17,19H,6-14H2,1H3,(H,21,24)/t19-/m1/s1. The van der Waals surface area contributed by atoms with E-state index in [0.29, 0.717) is 36.7 Å². The molecule has 148 valence electrons. The van der Waals surface area contributed by atoms with Crippen molar-refractivity contribution in [3.8, 4) is 0 Å². The Labute approximate surface area is 162 Å². The van der Waals surface area contributed by atoms with Gasteiger partial charge >= 0.3 is 0 Å². The molecule has 4 heterocycles. The molecule has 5 rings (SSSR count). The lowest BCUT2D eigenvalue weighted by Crippen LogP contribution is -2.58. The number of carbonyl (C=O) groups is 1. The third-order valence-electron chi connectivity index (χ3n) is 6.47. The van der Waals surface area contributed by atoms with E-state index in [9.17, 15) is 13.2 Å². The quantitative estimate of drug-likeness (QED) is 0.847. The summed E-state index contributed by atoms with van der Waals surface area (Å²) in [5, 5.41) is 3.26.